The Hall–Kier alpha value is -1.22. The summed E-state index contributed by atoms with van der Waals surface area (Å²) in [7, 11) is 0. The lowest BCUT2D eigenvalue weighted by Gasteiger charge is -1.93. The summed E-state index contributed by atoms with van der Waals surface area (Å²) in [4.78, 5) is 0. The van der Waals surface area contributed by atoms with Gasteiger partial charge < -0.3 is 0 Å². The Labute approximate surface area is 75.7 Å². The molecule has 12 heavy (non-hydrogen) atoms. The fraction of sp³-hybridized carbons (Fsp3) is 0.333. The van der Waals surface area contributed by atoms with E-state index in [9.17, 15) is 0 Å². The first-order valence-corrected chi connectivity index (χ1v) is 4.17. The minimum absolute atomic E-state index is 1.03. The maximum atomic E-state index is 3.64. The number of rotatable bonds is 3. The first-order valence-electron chi connectivity index (χ1n) is 4.17. The van der Waals surface area contributed by atoms with Gasteiger partial charge in [0.15, 0.2) is 0 Å². The molecule has 0 aliphatic carbocycles. The molecule has 0 aromatic rings. The van der Waals surface area contributed by atoms with E-state index in [1.165, 1.54) is 5.57 Å². The molecule has 0 saturated heterocycles. The molecule has 0 aromatic heterocycles. The Bertz CT molecular complexity index is 253. The number of hydrogen-bond donors (Lipinski definition) is 0. The molecule has 0 aliphatic heterocycles. The lowest BCUT2D eigenvalue weighted by atomic mass is 10.1. The maximum absolute atomic E-state index is 3.64. The van der Waals surface area contributed by atoms with Gasteiger partial charge in [0.25, 0.3) is 0 Å². The van der Waals surface area contributed by atoms with Crippen LogP contribution in [0.15, 0.2) is 36.0 Å². The van der Waals surface area contributed by atoms with E-state index in [1.54, 1.807) is 6.08 Å². The van der Waals surface area contributed by atoms with Crippen LogP contribution in [0.2, 0.25) is 0 Å². The summed E-state index contributed by atoms with van der Waals surface area (Å²) in [6, 6.07) is 0. The molecule has 0 saturated carbocycles. The van der Waals surface area contributed by atoms with Crippen molar-refractivity contribution < 1.29 is 0 Å². The smallest absolute Gasteiger partial charge is 0.0244 e. The predicted molar refractivity (Wildman–Crippen MR) is 55.8 cm³/mol. The van der Waals surface area contributed by atoms with Crippen molar-refractivity contribution in [3.05, 3.63) is 36.0 Å². The van der Waals surface area contributed by atoms with Crippen LogP contribution in [-0.4, -0.2) is 0 Å². The molecule has 0 unspecified atom stereocenters. The highest BCUT2D eigenvalue weighted by molar-refractivity contribution is 5.41. The molecule has 0 radical (unpaired) electrons. The van der Waals surface area contributed by atoms with Gasteiger partial charge in [0, 0.05) is 5.57 Å². The lowest BCUT2D eigenvalue weighted by Crippen LogP contribution is -1.76. The molecule has 0 amide bonds. The summed E-state index contributed by atoms with van der Waals surface area (Å²) in [5.74, 6) is 5.88. The summed E-state index contributed by atoms with van der Waals surface area (Å²) in [6.45, 7) is 9.72. The topological polar surface area (TPSA) is 0 Å². The predicted octanol–water partition coefficient (Wildman–Crippen LogP) is 3.48. The van der Waals surface area contributed by atoms with Gasteiger partial charge in [-0.3, -0.25) is 0 Å². The van der Waals surface area contributed by atoms with Gasteiger partial charge in [-0.15, -0.1) is 5.92 Å². The highest BCUT2D eigenvalue weighted by atomic mass is 13.9. The van der Waals surface area contributed by atoms with E-state index in [2.05, 4.69) is 38.3 Å². The molecular formula is C12H16. The van der Waals surface area contributed by atoms with E-state index in [-0.39, 0.29) is 0 Å². The van der Waals surface area contributed by atoms with Crippen molar-refractivity contribution in [3.8, 4) is 11.8 Å². The minimum Gasteiger partial charge on any atom is -0.101 e. The molecule has 0 rings (SSSR count). The summed E-state index contributed by atoms with van der Waals surface area (Å²) < 4.78 is 0. The van der Waals surface area contributed by atoms with Gasteiger partial charge >= 0.3 is 0 Å². The van der Waals surface area contributed by atoms with Crippen LogP contribution in [0.4, 0.5) is 0 Å². The third kappa shape index (κ3) is 4.57. The largest absolute Gasteiger partial charge is 0.101 e. The van der Waals surface area contributed by atoms with Gasteiger partial charge in [0.2, 0.25) is 0 Å². The van der Waals surface area contributed by atoms with Gasteiger partial charge in [0.1, 0.15) is 0 Å². The zero-order valence-electron chi connectivity index (χ0n) is 8.15. The molecule has 64 valence electrons. The maximum Gasteiger partial charge on any atom is 0.0244 e. The lowest BCUT2D eigenvalue weighted by molar-refractivity contribution is 1.10. The van der Waals surface area contributed by atoms with Gasteiger partial charge in [-0.25, -0.2) is 0 Å². The van der Waals surface area contributed by atoms with Crippen molar-refractivity contribution in [3.63, 3.8) is 0 Å². The monoisotopic (exact) mass is 160 g/mol. The van der Waals surface area contributed by atoms with Gasteiger partial charge in [-0.2, -0.15) is 0 Å². The van der Waals surface area contributed by atoms with Crippen molar-refractivity contribution in [1.82, 2.24) is 0 Å². The SMILES string of the molecule is C=C/C=C(C#CC)\C=C(/C)CC. The first kappa shape index (κ1) is 10.8. The third-order valence-corrected chi connectivity index (χ3v) is 1.53. The molecule has 0 heteroatoms. The first-order chi connectivity index (χ1) is 5.74. The van der Waals surface area contributed by atoms with Crippen LogP contribution in [0.3, 0.4) is 0 Å². The Kier molecular flexibility index (Phi) is 5.83. The standard InChI is InChI=1S/C12H16/c1-5-8-12(9-6-2)10-11(4)7-3/h5,8,10H,1,7H2,2-4H3/b11-10+,12-8-. The molecule has 0 N–H and O–H groups in total. The van der Waals surface area contributed by atoms with Crippen LogP contribution in [-0.2, 0) is 0 Å². The van der Waals surface area contributed by atoms with E-state index in [4.69, 9.17) is 0 Å². The molecule has 0 nitrogen and oxygen atoms in total. The highest BCUT2D eigenvalue weighted by Crippen LogP contribution is 2.04. The van der Waals surface area contributed by atoms with Crippen molar-refractivity contribution >= 4 is 0 Å². The van der Waals surface area contributed by atoms with Crippen LogP contribution in [0.1, 0.15) is 27.2 Å². The van der Waals surface area contributed by atoms with Crippen molar-refractivity contribution in [1.29, 1.82) is 0 Å². The zero-order valence-corrected chi connectivity index (χ0v) is 8.15. The molecular weight excluding hydrogens is 144 g/mol. The van der Waals surface area contributed by atoms with Crippen LogP contribution in [0.25, 0.3) is 0 Å². The molecule has 0 bridgehead atoms. The van der Waals surface area contributed by atoms with Crippen molar-refractivity contribution in [2.45, 2.75) is 27.2 Å². The molecule has 0 atom stereocenters. The van der Waals surface area contributed by atoms with Crippen LogP contribution < -0.4 is 0 Å². The second-order valence-electron chi connectivity index (χ2n) is 2.58. The second-order valence-corrected chi connectivity index (χ2v) is 2.58. The summed E-state index contributed by atoms with van der Waals surface area (Å²) >= 11 is 0. The minimum atomic E-state index is 1.03. The van der Waals surface area contributed by atoms with Crippen molar-refractivity contribution in [2.24, 2.45) is 0 Å². The number of hydrogen-bond acceptors (Lipinski definition) is 0. The Morgan fingerprint density at radius 1 is 1.50 bits per heavy atom. The van der Waals surface area contributed by atoms with Gasteiger partial charge in [-0.05, 0) is 32.4 Å². The Morgan fingerprint density at radius 3 is 2.58 bits per heavy atom. The van der Waals surface area contributed by atoms with Crippen LogP contribution in [0.5, 0.6) is 0 Å². The van der Waals surface area contributed by atoms with Crippen molar-refractivity contribution in [2.75, 3.05) is 0 Å². The van der Waals surface area contributed by atoms with E-state index < -0.39 is 0 Å². The van der Waals surface area contributed by atoms with E-state index >= 15 is 0 Å². The number of allylic oxidation sites excluding steroid dienone is 5. The van der Waals surface area contributed by atoms with E-state index in [0.29, 0.717) is 0 Å². The summed E-state index contributed by atoms with van der Waals surface area (Å²) in [5, 5.41) is 0. The summed E-state index contributed by atoms with van der Waals surface area (Å²) in [5.41, 5.74) is 2.37. The molecule has 0 spiro atoms. The Balaban J connectivity index is 4.62. The van der Waals surface area contributed by atoms with Crippen LogP contribution >= 0.6 is 0 Å². The molecule has 0 heterocycles. The zero-order chi connectivity index (χ0) is 9.40. The normalized spacial score (nSPS) is 11.9. The van der Waals surface area contributed by atoms with Gasteiger partial charge in [-0.1, -0.05) is 31.1 Å². The quantitative estimate of drug-likeness (QED) is 0.438. The fourth-order valence-corrected chi connectivity index (χ4v) is 0.765. The highest BCUT2D eigenvalue weighted by Gasteiger charge is 1.86. The average molecular weight is 160 g/mol. The molecule has 0 aliphatic rings. The average Bonchev–Trinajstić information content (AvgIpc) is 2.05. The second kappa shape index (κ2) is 6.49. The van der Waals surface area contributed by atoms with Gasteiger partial charge in [0.05, 0.1) is 0 Å². The van der Waals surface area contributed by atoms with E-state index in [0.717, 1.165) is 12.0 Å². The fourth-order valence-electron chi connectivity index (χ4n) is 0.765. The Morgan fingerprint density at radius 2 is 2.17 bits per heavy atom. The molecule has 0 aromatic carbocycles. The third-order valence-electron chi connectivity index (χ3n) is 1.53. The van der Waals surface area contributed by atoms with E-state index in [1.807, 2.05) is 13.0 Å². The summed E-state index contributed by atoms with van der Waals surface area (Å²) in [6.07, 6.45) is 6.85. The molecule has 0 fully saturated rings. The van der Waals surface area contributed by atoms with Crippen LogP contribution in [0, 0.1) is 11.8 Å².